The molecule has 10 heavy (non-hydrogen) atoms. The van der Waals surface area contributed by atoms with Crippen LogP contribution in [0.25, 0.3) is 0 Å². The van der Waals surface area contributed by atoms with E-state index in [1.165, 1.54) is 5.57 Å². The molecule has 0 N–H and O–H groups in total. The fraction of sp³-hybridized carbons (Fsp3) is 0.750. The molecule has 0 saturated heterocycles. The van der Waals surface area contributed by atoms with E-state index in [0.717, 1.165) is 25.0 Å². The largest absolute Gasteiger partial charge is 0.544 e. The van der Waals surface area contributed by atoms with Crippen LogP contribution in [0.15, 0.2) is 11.3 Å². The second-order valence-electron chi connectivity index (χ2n) is 2.19. The van der Waals surface area contributed by atoms with E-state index in [9.17, 15) is 0 Å². The van der Waals surface area contributed by atoms with Gasteiger partial charge in [-0.25, -0.2) is 0 Å². The molecule has 0 atom stereocenters. The topological polar surface area (TPSA) is 9.23 Å². The first-order chi connectivity index (χ1) is 4.79. The highest BCUT2D eigenvalue weighted by Crippen LogP contribution is 2.15. The molecule has 2 heteroatoms. The molecule has 0 fully saturated rings. The molecule has 0 aliphatic heterocycles. The number of hydrogen-bond acceptors (Lipinski definition) is 1. The van der Waals surface area contributed by atoms with Gasteiger partial charge in [0.2, 0.25) is 0 Å². The minimum absolute atomic E-state index is 0.973. The van der Waals surface area contributed by atoms with Crippen LogP contribution in [0.3, 0.4) is 0 Å². The third-order valence-electron chi connectivity index (χ3n) is 1.69. The van der Waals surface area contributed by atoms with Gasteiger partial charge in [-0.2, -0.15) is 0 Å². The van der Waals surface area contributed by atoms with Gasteiger partial charge >= 0.3 is 10.5 Å². The highest BCUT2D eigenvalue weighted by molar-refractivity contribution is 5.98. The third kappa shape index (κ3) is 2.56. The van der Waals surface area contributed by atoms with Crippen LogP contribution in [0.2, 0.25) is 0 Å². The summed E-state index contributed by atoms with van der Waals surface area (Å²) in [5.41, 5.74) is 1.40. The summed E-state index contributed by atoms with van der Waals surface area (Å²) in [5.74, 6) is 1.08. The summed E-state index contributed by atoms with van der Waals surface area (Å²) in [6, 6.07) is 0. The van der Waals surface area contributed by atoms with Gasteiger partial charge < -0.3 is 4.43 Å². The van der Waals surface area contributed by atoms with Gasteiger partial charge in [0.15, 0.2) is 0 Å². The maximum absolute atomic E-state index is 5.03. The molecule has 0 rings (SSSR count). The van der Waals surface area contributed by atoms with Crippen molar-refractivity contribution in [1.29, 1.82) is 0 Å². The molecule has 3 radical (unpaired) electrons. The van der Waals surface area contributed by atoms with Crippen LogP contribution in [0.1, 0.15) is 40.0 Å². The predicted molar refractivity (Wildman–Crippen MR) is 44.7 cm³/mol. The molecule has 0 bridgehead atoms. The Morgan fingerprint density at radius 2 is 1.60 bits per heavy atom. The first kappa shape index (κ1) is 9.76. The van der Waals surface area contributed by atoms with E-state index in [1.807, 2.05) is 0 Å². The lowest BCUT2D eigenvalue weighted by Gasteiger charge is -2.08. The zero-order chi connectivity index (χ0) is 7.98. The highest BCUT2D eigenvalue weighted by atomic mass is 28.2. The second kappa shape index (κ2) is 5.53. The monoisotopic (exact) mass is 155 g/mol. The molecule has 0 heterocycles. The van der Waals surface area contributed by atoms with Crippen molar-refractivity contribution in [2.24, 2.45) is 0 Å². The molecule has 1 nitrogen and oxygen atoms in total. The van der Waals surface area contributed by atoms with E-state index < -0.39 is 0 Å². The Labute approximate surface area is 67.0 Å². The third-order valence-corrected chi connectivity index (χ3v) is 1.94. The molecule has 0 spiro atoms. The molecule has 0 aromatic rings. The number of allylic oxidation sites excluding steroid dienone is 2. The average Bonchev–Trinajstić information content (AvgIpc) is 2.00. The Kier molecular flexibility index (Phi) is 5.40. The van der Waals surface area contributed by atoms with Crippen molar-refractivity contribution >= 4 is 10.5 Å². The van der Waals surface area contributed by atoms with E-state index in [2.05, 4.69) is 31.3 Å². The Morgan fingerprint density at radius 3 is 1.70 bits per heavy atom. The molecular formula is C8H15OSi. The van der Waals surface area contributed by atoms with Crippen molar-refractivity contribution in [3.63, 3.8) is 0 Å². The second-order valence-corrected chi connectivity index (χ2v) is 2.39. The smallest absolute Gasteiger partial charge is 0.340 e. The normalized spacial score (nSPS) is 9.20. The summed E-state index contributed by atoms with van der Waals surface area (Å²) in [6.07, 6.45) is 3.15. The van der Waals surface area contributed by atoms with Crippen molar-refractivity contribution in [2.45, 2.75) is 40.0 Å². The van der Waals surface area contributed by atoms with E-state index in [-0.39, 0.29) is 0 Å². The highest BCUT2D eigenvalue weighted by Gasteiger charge is 1.99. The van der Waals surface area contributed by atoms with Crippen LogP contribution in [0, 0.1) is 0 Å². The van der Waals surface area contributed by atoms with Crippen molar-refractivity contribution in [3.05, 3.63) is 11.3 Å². The summed E-state index contributed by atoms with van der Waals surface area (Å²) in [5, 5.41) is 0. The van der Waals surface area contributed by atoms with E-state index in [0.29, 0.717) is 0 Å². The maximum atomic E-state index is 5.03. The minimum Gasteiger partial charge on any atom is -0.544 e. The van der Waals surface area contributed by atoms with E-state index >= 15 is 0 Å². The molecule has 0 aromatic carbocycles. The first-order valence-electron chi connectivity index (χ1n) is 3.84. The Hall–Kier alpha value is -0.243. The SMILES string of the molecule is CCC(CC)=C(CC)O[Si]. The predicted octanol–water partition coefficient (Wildman–Crippen LogP) is 2.57. The molecule has 0 aliphatic rings. The lowest BCUT2D eigenvalue weighted by Crippen LogP contribution is -1.92. The fourth-order valence-electron chi connectivity index (χ4n) is 1.04. The minimum atomic E-state index is 0.973. The van der Waals surface area contributed by atoms with Crippen LogP contribution >= 0.6 is 0 Å². The molecule has 0 aromatic heterocycles. The van der Waals surface area contributed by atoms with E-state index in [4.69, 9.17) is 4.43 Å². The zero-order valence-electron chi connectivity index (χ0n) is 7.03. The van der Waals surface area contributed by atoms with Crippen molar-refractivity contribution < 1.29 is 4.43 Å². The molecular weight excluding hydrogens is 140 g/mol. The van der Waals surface area contributed by atoms with E-state index in [1.54, 1.807) is 0 Å². The maximum Gasteiger partial charge on any atom is 0.340 e. The Morgan fingerprint density at radius 1 is 1.10 bits per heavy atom. The molecule has 57 valence electrons. The van der Waals surface area contributed by atoms with Crippen LogP contribution in [-0.4, -0.2) is 10.5 Å². The summed E-state index contributed by atoms with van der Waals surface area (Å²) < 4.78 is 5.03. The van der Waals surface area contributed by atoms with Crippen LogP contribution in [0.4, 0.5) is 0 Å². The molecule has 0 unspecified atom stereocenters. The van der Waals surface area contributed by atoms with Gasteiger partial charge in [0, 0.05) is 6.42 Å². The Bertz CT molecular complexity index is 92.4. The van der Waals surface area contributed by atoms with Gasteiger partial charge in [-0.05, 0) is 18.4 Å². The van der Waals surface area contributed by atoms with Crippen molar-refractivity contribution in [2.75, 3.05) is 0 Å². The summed E-state index contributed by atoms with van der Waals surface area (Å²) >= 11 is 0. The van der Waals surface area contributed by atoms with Gasteiger partial charge in [0.25, 0.3) is 0 Å². The lowest BCUT2D eigenvalue weighted by atomic mass is 10.1. The summed E-state index contributed by atoms with van der Waals surface area (Å²) in [6.45, 7) is 6.40. The zero-order valence-corrected chi connectivity index (χ0v) is 8.03. The van der Waals surface area contributed by atoms with Gasteiger partial charge in [-0.15, -0.1) is 0 Å². The van der Waals surface area contributed by atoms with Crippen LogP contribution in [0.5, 0.6) is 0 Å². The molecule has 0 aliphatic carbocycles. The molecule has 0 amide bonds. The lowest BCUT2D eigenvalue weighted by molar-refractivity contribution is 0.437. The van der Waals surface area contributed by atoms with Crippen molar-refractivity contribution in [3.8, 4) is 0 Å². The quantitative estimate of drug-likeness (QED) is 0.448. The van der Waals surface area contributed by atoms with Gasteiger partial charge in [0.05, 0.1) is 5.76 Å². The average molecular weight is 155 g/mol. The standard InChI is InChI=1S/C8H15OSi/c1-4-7(5-2)8(6-3)9-10/h4-6H2,1-3H3. The van der Waals surface area contributed by atoms with Gasteiger partial charge in [0.1, 0.15) is 0 Å². The van der Waals surface area contributed by atoms with Crippen LogP contribution < -0.4 is 0 Å². The Balaban J connectivity index is 4.20. The number of hydrogen-bond donors (Lipinski definition) is 0. The summed E-state index contributed by atoms with van der Waals surface area (Å²) in [4.78, 5) is 0. The van der Waals surface area contributed by atoms with Crippen LogP contribution in [-0.2, 0) is 4.43 Å². The van der Waals surface area contributed by atoms with Gasteiger partial charge in [-0.3, -0.25) is 0 Å². The van der Waals surface area contributed by atoms with Gasteiger partial charge in [-0.1, -0.05) is 20.8 Å². The fourth-order valence-corrected chi connectivity index (χ4v) is 1.33. The van der Waals surface area contributed by atoms with Crippen molar-refractivity contribution in [1.82, 2.24) is 0 Å². The molecule has 0 saturated carbocycles. The number of rotatable bonds is 4. The first-order valence-corrected chi connectivity index (χ1v) is 4.25. The summed E-state index contributed by atoms with van der Waals surface area (Å²) in [7, 11) is 3.05.